The van der Waals surface area contributed by atoms with E-state index in [0.29, 0.717) is 0 Å². The summed E-state index contributed by atoms with van der Waals surface area (Å²) in [6.45, 7) is 11.6. The molecular formula is C22H25NSi. The van der Waals surface area contributed by atoms with Crippen LogP contribution >= 0.6 is 0 Å². The summed E-state index contributed by atoms with van der Waals surface area (Å²) >= 11 is 0. The zero-order valence-electron chi connectivity index (χ0n) is 15.2. The van der Waals surface area contributed by atoms with Crippen LogP contribution in [0.15, 0.2) is 60.8 Å². The van der Waals surface area contributed by atoms with Gasteiger partial charge in [0.2, 0.25) is 0 Å². The Bertz CT molecular complexity index is 820. The third-order valence-electron chi connectivity index (χ3n) is 4.52. The normalized spacial score (nSPS) is 11.5. The van der Waals surface area contributed by atoms with Crippen molar-refractivity contribution < 1.29 is 0 Å². The molecule has 0 spiro atoms. The number of hydrogen-bond donors (Lipinski definition) is 0. The fourth-order valence-electron chi connectivity index (χ4n) is 3.17. The minimum atomic E-state index is -1.29. The van der Waals surface area contributed by atoms with Crippen molar-refractivity contribution in [2.45, 2.75) is 33.5 Å². The van der Waals surface area contributed by atoms with Gasteiger partial charge in [0.25, 0.3) is 0 Å². The van der Waals surface area contributed by atoms with E-state index in [2.05, 4.69) is 74.9 Å². The first kappa shape index (κ1) is 16.7. The van der Waals surface area contributed by atoms with Crippen molar-refractivity contribution in [1.29, 1.82) is 0 Å². The molecule has 1 heterocycles. The van der Waals surface area contributed by atoms with E-state index in [1.807, 2.05) is 24.4 Å². The Morgan fingerprint density at radius 2 is 1.38 bits per heavy atom. The van der Waals surface area contributed by atoms with E-state index in [1.165, 1.54) is 27.4 Å². The molecule has 1 nitrogen and oxygen atoms in total. The Hall–Kier alpha value is -2.19. The van der Waals surface area contributed by atoms with Gasteiger partial charge in [-0.3, -0.25) is 4.98 Å². The van der Waals surface area contributed by atoms with Crippen LogP contribution in [0, 0.1) is 13.8 Å². The number of benzene rings is 2. The van der Waals surface area contributed by atoms with Gasteiger partial charge in [0.1, 0.15) is 0 Å². The Morgan fingerprint density at radius 1 is 0.750 bits per heavy atom. The molecule has 0 N–H and O–H groups in total. The van der Waals surface area contributed by atoms with Gasteiger partial charge in [0, 0.05) is 17.3 Å². The van der Waals surface area contributed by atoms with Crippen molar-refractivity contribution >= 4 is 13.3 Å². The molecule has 2 aromatic carbocycles. The highest BCUT2D eigenvalue weighted by Crippen LogP contribution is 2.28. The van der Waals surface area contributed by atoms with E-state index in [4.69, 9.17) is 0 Å². The second kappa shape index (κ2) is 6.37. The lowest BCUT2D eigenvalue weighted by Gasteiger charge is -2.21. The predicted octanol–water partition coefficient (Wildman–Crippen LogP) is 5.58. The molecule has 0 unspecified atom stereocenters. The van der Waals surface area contributed by atoms with Gasteiger partial charge in [-0.2, -0.15) is 0 Å². The molecule has 0 aliphatic carbocycles. The van der Waals surface area contributed by atoms with Crippen LogP contribution in [0.1, 0.15) is 11.1 Å². The minimum Gasteiger partial charge on any atom is -0.256 e. The summed E-state index contributed by atoms with van der Waals surface area (Å²) in [5.74, 6) is 0. The fraction of sp³-hybridized carbons (Fsp3) is 0.227. The standard InChI is InChI=1S/C22H25NSi/c1-16-13-20(24(3,4)5)14-17(2)22(16)19-11-12-21(23-15-19)18-9-7-6-8-10-18/h6-15H,1-5H3. The molecule has 1 aromatic heterocycles. The van der Waals surface area contributed by atoms with Gasteiger partial charge >= 0.3 is 0 Å². The summed E-state index contributed by atoms with van der Waals surface area (Å²) in [6.07, 6.45) is 2.01. The minimum absolute atomic E-state index is 1.02. The zero-order valence-corrected chi connectivity index (χ0v) is 16.2. The SMILES string of the molecule is Cc1cc([Si](C)(C)C)cc(C)c1-c1ccc(-c2ccccc2)nc1. The van der Waals surface area contributed by atoms with Crippen LogP contribution in [0.5, 0.6) is 0 Å². The van der Waals surface area contributed by atoms with E-state index in [9.17, 15) is 0 Å². The fourth-order valence-corrected chi connectivity index (χ4v) is 4.47. The molecule has 0 saturated carbocycles. The lowest BCUT2D eigenvalue weighted by atomic mass is 9.96. The third kappa shape index (κ3) is 3.34. The van der Waals surface area contributed by atoms with E-state index in [1.54, 1.807) is 0 Å². The van der Waals surface area contributed by atoms with Crippen LogP contribution in [-0.2, 0) is 0 Å². The van der Waals surface area contributed by atoms with Crippen molar-refractivity contribution in [3.05, 3.63) is 71.9 Å². The lowest BCUT2D eigenvalue weighted by molar-refractivity contribution is 1.30. The van der Waals surface area contributed by atoms with Crippen molar-refractivity contribution in [2.75, 3.05) is 0 Å². The van der Waals surface area contributed by atoms with Crippen LogP contribution in [-0.4, -0.2) is 13.1 Å². The maximum absolute atomic E-state index is 4.69. The van der Waals surface area contributed by atoms with Gasteiger partial charge in [0.15, 0.2) is 0 Å². The first-order chi connectivity index (χ1) is 11.4. The van der Waals surface area contributed by atoms with Crippen LogP contribution in [0.2, 0.25) is 19.6 Å². The highest BCUT2D eigenvalue weighted by atomic mass is 28.3. The quantitative estimate of drug-likeness (QED) is 0.571. The first-order valence-corrected chi connectivity index (χ1v) is 12.0. The smallest absolute Gasteiger partial charge is 0.0776 e. The molecule has 24 heavy (non-hydrogen) atoms. The van der Waals surface area contributed by atoms with Crippen LogP contribution in [0.4, 0.5) is 0 Å². The van der Waals surface area contributed by atoms with E-state index < -0.39 is 8.07 Å². The van der Waals surface area contributed by atoms with Gasteiger partial charge in [-0.1, -0.05) is 73.4 Å². The molecule has 0 bridgehead atoms. The molecule has 0 saturated heterocycles. The number of pyridine rings is 1. The molecular weight excluding hydrogens is 306 g/mol. The molecule has 122 valence electrons. The average Bonchev–Trinajstić information content (AvgIpc) is 2.55. The number of rotatable bonds is 3. The monoisotopic (exact) mass is 331 g/mol. The summed E-state index contributed by atoms with van der Waals surface area (Å²) in [7, 11) is -1.29. The summed E-state index contributed by atoms with van der Waals surface area (Å²) in [5, 5.41) is 1.52. The largest absolute Gasteiger partial charge is 0.256 e. The topological polar surface area (TPSA) is 12.9 Å². The molecule has 0 aliphatic rings. The van der Waals surface area contributed by atoms with Crippen LogP contribution < -0.4 is 5.19 Å². The Morgan fingerprint density at radius 3 is 1.88 bits per heavy atom. The van der Waals surface area contributed by atoms with Gasteiger partial charge in [0.05, 0.1) is 13.8 Å². The van der Waals surface area contributed by atoms with Crippen molar-refractivity contribution in [3.63, 3.8) is 0 Å². The summed E-state index contributed by atoms with van der Waals surface area (Å²) in [5.41, 5.74) is 7.40. The van der Waals surface area contributed by atoms with Gasteiger partial charge in [-0.05, 0) is 36.6 Å². The third-order valence-corrected chi connectivity index (χ3v) is 6.54. The average molecular weight is 332 g/mol. The second-order valence-electron chi connectivity index (χ2n) is 7.53. The maximum Gasteiger partial charge on any atom is 0.0776 e. The summed E-state index contributed by atoms with van der Waals surface area (Å²) < 4.78 is 0. The number of aryl methyl sites for hydroxylation is 2. The first-order valence-electron chi connectivity index (χ1n) is 8.50. The second-order valence-corrected chi connectivity index (χ2v) is 12.6. The molecule has 0 aliphatic heterocycles. The van der Waals surface area contributed by atoms with Crippen molar-refractivity contribution in [2.24, 2.45) is 0 Å². The zero-order chi connectivity index (χ0) is 17.3. The summed E-state index contributed by atoms with van der Waals surface area (Å²) in [6, 6.07) is 19.4. The number of aromatic nitrogens is 1. The molecule has 3 aromatic rings. The van der Waals surface area contributed by atoms with E-state index >= 15 is 0 Å². The molecule has 0 atom stereocenters. The highest BCUT2D eigenvalue weighted by Gasteiger charge is 2.19. The maximum atomic E-state index is 4.69. The van der Waals surface area contributed by atoms with Crippen LogP contribution in [0.25, 0.3) is 22.4 Å². The molecule has 2 heteroatoms. The van der Waals surface area contributed by atoms with E-state index in [0.717, 1.165) is 11.3 Å². The Balaban J connectivity index is 2.01. The Kier molecular flexibility index (Phi) is 4.42. The lowest BCUT2D eigenvalue weighted by Crippen LogP contribution is -2.38. The highest BCUT2D eigenvalue weighted by molar-refractivity contribution is 6.88. The number of nitrogens with zero attached hydrogens (tertiary/aromatic N) is 1. The molecule has 0 amide bonds. The summed E-state index contributed by atoms with van der Waals surface area (Å²) in [4.78, 5) is 4.69. The Labute approximate surface area is 146 Å². The number of hydrogen-bond acceptors (Lipinski definition) is 1. The molecule has 0 fully saturated rings. The van der Waals surface area contributed by atoms with Gasteiger partial charge in [-0.25, -0.2) is 0 Å². The van der Waals surface area contributed by atoms with Crippen molar-refractivity contribution in [3.8, 4) is 22.4 Å². The predicted molar refractivity (Wildman–Crippen MR) is 108 cm³/mol. The molecule has 3 rings (SSSR count). The van der Waals surface area contributed by atoms with Gasteiger partial charge < -0.3 is 0 Å². The van der Waals surface area contributed by atoms with Gasteiger partial charge in [-0.15, -0.1) is 0 Å². The van der Waals surface area contributed by atoms with E-state index in [-0.39, 0.29) is 0 Å². The van der Waals surface area contributed by atoms with Crippen molar-refractivity contribution in [1.82, 2.24) is 4.98 Å². The molecule has 0 radical (unpaired) electrons. The van der Waals surface area contributed by atoms with Crippen LogP contribution in [0.3, 0.4) is 0 Å².